The van der Waals surface area contributed by atoms with Gasteiger partial charge in [-0.05, 0) is 50.9 Å². The van der Waals surface area contributed by atoms with Gasteiger partial charge >= 0.3 is 0 Å². The third-order valence-corrected chi connectivity index (χ3v) is 4.54. The highest BCUT2D eigenvalue weighted by Crippen LogP contribution is 2.48. The van der Waals surface area contributed by atoms with Crippen molar-refractivity contribution in [3.05, 3.63) is 57.0 Å². The van der Waals surface area contributed by atoms with Crippen LogP contribution in [0.1, 0.15) is 31.5 Å². The summed E-state index contributed by atoms with van der Waals surface area (Å²) in [5, 5.41) is 3.52. The summed E-state index contributed by atoms with van der Waals surface area (Å²) in [7, 11) is 2.01. The maximum Gasteiger partial charge on any atom is 0.248 e. The number of aromatic nitrogens is 1. The number of aromatic amines is 1. The molecule has 1 aromatic heterocycles. The Balaban J connectivity index is 2.30. The van der Waals surface area contributed by atoms with E-state index in [4.69, 9.17) is 0 Å². The minimum atomic E-state index is -0.143. The van der Waals surface area contributed by atoms with Gasteiger partial charge in [-0.25, -0.2) is 0 Å². The first-order valence-electron chi connectivity index (χ1n) is 6.86. The van der Waals surface area contributed by atoms with Crippen LogP contribution >= 0.6 is 0 Å². The monoisotopic (exact) mass is 256 g/mol. The minimum Gasteiger partial charge on any atom is -0.326 e. The maximum absolute atomic E-state index is 11.6. The van der Waals surface area contributed by atoms with Crippen LogP contribution in [0.3, 0.4) is 0 Å². The molecule has 3 rings (SSSR count). The van der Waals surface area contributed by atoms with Crippen LogP contribution in [-0.4, -0.2) is 12.0 Å². The van der Waals surface area contributed by atoms with E-state index in [2.05, 4.69) is 36.3 Å². The Bertz CT molecular complexity index is 638. The lowest BCUT2D eigenvalue weighted by Crippen LogP contribution is -2.50. The molecule has 0 amide bonds. The second-order valence-corrected chi connectivity index (χ2v) is 5.61. The molecule has 0 aliphatic heterocycles. The van der Waals surface area contributed by atoms with Crippen molar-refractivity contribution in [2.24, 2.45) is 5.92 Å². The number of hydrogen-bond donors (Lipinski definition) is 2. The standard InChI is InChI=1S/C16H20N2O/c1-4-12-11-7-10(2)9-16(12,17-3)13-5-6-15(19)18-14(13)8-11/h4-7,11,17H,8-9H2,1-3H3,(H,18,19)/b12-4+. The Morgan fingerprint density at radius 2 is 2.26 bits per heavy atom. The molecule has 2 bridgehead atoms. The van der Waals surface area contributed by atoms with Crippen LogP contribution < -0.4 is 10.9 Å². The molecule has 100 valence electrons. The lowest BCUT2D eigenvalue weighted by Gasteiger charge is -2.47. The highest BCUT2D eigenvalue weighted by atomic mass is 16.1. The topological polar surface area (TPSA) is 44.9 Å². The number of allylic oxidation sites excluding steroid dienone is 2. The zero-order chi connectivity index (χ0) is 13.6. The van der Waals surface area contributed by atoms with E-state index < -0.39 is 0 Å². The van der Waals surface area contributed by atoms with Crippen molar-refractivity contribution >= 4 is 0 Å². The average molecular weight is 256 g/mol. The predicted molar refractivity (Wildman–Crippen MR) is 77.1 cm³/mol. The predicted octanol–water partition coefficient (Wildman–Crippen LogP) is 2.26. The van der Waals surface area contributed by atoms with Gasteiger partial charge in [0, 0.05) is 17.7 Å². The quantitative estimate of drug-likeness (QED) is 0.757. The number of H-pyrrole nitrogens is 1. The zero-order valence-electron chi connectivity index (χ0n) is 11.7. The Kier molecular flexibility index (Phi) is 2.75. The van der Waals surface area contributed by atoms with Gasteiger partial charge in [-0.1, -0.05) is 17.7 Å². The lowest BCUT2D eigenvalue weighted by atomic mass is 9.63. The Morgan fingerprint density at radius 1 is 1.47 bits per heavy atom. The van der Waals surface area contributed by atoms with E-state index in [0.29, 0.717) is 5.92 Å². The van der Waals surface area contributed by atoms with Gasteiger partial charge in [-0.15, -0.1) is 0 Å². The number of hydrogen-bond acceptors (Lipinski definition) is 2. The second kappa shape index (κ2) is 4.20. The summed E-state index contributed by atoms with van der Waals surface area (Å²) < 4.78 is 0. The van der Waals surface area contributed by atoms with Crippen molar-refractivity contribution in [3.63, 3.8) is 0 Å². The summed E-state index contributed by atoms with van der Waals surface area (Å²) in [5.74, 6) is 0.400. The van der Waals surface area contributed by atoms with Crippen molar-refractivity contribution in [3.8, 4) is 0 Å². The molecule has 0 saturated heterocycles. The van der Waals surface area contributed by atoms with Gasteiger partial charge in [-0.2, -0.15) is 0 Å². The molecule has 1 heterocycles. The first kappa shape index (κ1) is 12.4. The molecule has 3 nitrogen and oxygen atoms in total. The van der Waals surface area contributed by atoms with Crippen molar-refractivity contribution in [2.45, 2.75) is 32.2 Å². The molecule has 2 N–H and O–H groups in total. The highest BCUT2D eigenvalue weighted by Gasteiger charge is 2.45. The van der Waals surface area contributed by atoms with E-state index in [1.807, 2.05) is 13.1 Å². The van der Waals surface area contributed by atoms with Gasteiger partial charge in [-0.3, -0.25) is 4.79 Å². The van der Waals surface area contributed by atoms with Crippen molar-refractivity contribution < 1.29 is 0 Å². The maximum atomic E-state index is 11.6. The summed E-state index contributed by atoms with van der Waals surface area (Å²) in [6.45, 7) is 4.31. The number of nitrogens with one attached hydrogen (secondary N) is 2. The fraction of sp³-hybridized carbons (Fsp3) is 0.438. The molecule has 0 aromatic carbocycles. The molecule has 0 fully saturated rings. The van der Waals surface area contributed by atoms with Gasteiger partial charge < -0.3 is 10.3 Å². The molecule has 2 unspecified atom stereocenters. The number of likely N-dealkylation sites (N-methyl/N-ethyl adjacent to an activating group) is 1. The normalized spacial score (nSPS) is 31.0. The second-order valence-electron chi connectivity index (χ2n) is 5.61. The largest absolute Gasteiger partial charge is 0.326 e. The highest BCUT2D eigenvalue weighted by molar-refractivity contribution is 5.49. The van der Waals surface area contributed by atoms with Crippen molar-refractivity contribution in [1.29, 1.82) is 0 Å². The van der Waals surface area contributed by atoms with E-state index in [9.17, 15) is 4.79 Å². The molecular formula is C16H20N2O. The molecule has 0 radical (unpaired) electrons. The molecule has 2 aliphatic rings. The Hall–Kier alpha value is -1.61. The molecule has 0 spiro atoms. The van der Waals surface area contributed by atoms with Gasteiger partial charge in [0.15, 0.2) is 0 Å². The summed E-state index contributed by atoms with van der Waals surface area (Å²) in [4.78, 5) is 14.6. The van der Waals surface area contributed by atoms with Gasteiger partial charge in [0.2, 0.25) is 5.56 Å². The molecular weight excluding hydrogens is 236 g/mol. The molecule has 2 atom stereocenters. The summed E-state index contributed by atoms with van der Waals surface area (Å²) in [6.07, 6.45) is 6.45. The Morgan fingerprint density at radius 3 is 2.95 bits per heavy atom. The van der Waals surface area contributed by atoms with Gasteiger partial charge in [0.05, 0.1) is 5.54 Å². The summed E-state index contributed by atoms with van der Waals surface area (Å²) >= 11 is 0. The number of pyridine rings is 1. The lowest BCUT2D eigenvalue weighted by molar-refractivity contribution is 0.346. The van der Waals surface area contributed by atoms with E-state index in [1.165, 1.54) is 16.7 Å². The van der Waals surface area contributed by atoms with E-state index in [0.717, 1.165) is 18.5 Å². The minimum absolute atomic E-state index is 0.00675. The van der Waals surface area contributed by atoms with Crippen LogP contribution in [0.25, 0.3) is 0 Å². The molecule has 3 heteroatoms. The molecule has 2 aliphatic carbocycles. The van der Waals surface area contributed by atoms with Crippen LogP contribution in [0.15, 0.2) is 40.2 Å². The molecule has 0 saturated carbocycles. The van der Waals surface area contributed by atoms with Crippen LogP contribution in [0.2, 0.25) is 0 Å². The van der Waals surface area contributed by atoms with E-state index in [1.54, 1.807) is 6.07 Å². The van der Waals surface area contributed by atoms with Crippen molar-refractivity contribution in [1.82, 2.24) is 10.3 Å². The fourth-order valence-corrected chi connectivity index (χ4v) is 3.87. The Labute approximate surface area is 113 Å². The van der Waals surface area contributed by atoms with Crippen LogP contribution in [0, 0.1) is 5.92 Å². The first-order valence-corrected chi connectivity index (χ1v) is 6.86. The smallest absolute Gasteiger partial charge is 0.248 e. The van der Waals surface area contributed by atoms with E-state index >= 15 is 0 Å². The summed E-state index contributed by atoms with van der Waals surface area (Å²) in [5.41, 5.74) is 5.01. The van der Waals surface area contributed by atoms with Crippen molar-refractivity contribution in [2.75, 3.05) is 7.05 Å². The number of rotatable bonds is 1. The molecule has 19 heavy (non-hydrogen) atoms. The average Bonchev–Trinajstić information content (AvgIpc) is 2.37. The summed E-state index contributed by atoms with van der Waals surface area (Å²) in [6, 6.07) is 3.63. The van der Waals surface area contributed by atoms with E-state index in [-0.39, 0.29) is 11.1 Å². The molecule has 1 aromatic rings. The zero-order valence-corrected chi connectivity index (χ0v) is 11.7. The van der Waals surface area contributed by atoms with Gasteiger partial charge in [0.25, 0.3) is 0 Å². The van der Waals surface area contributed by atoms with Crippen LogP contribution in [-0.2, 0) is 12.0 Å². The van der Waals surface area contributed by atoms with Crippen LogP contribution in [0.5, 0.6) is 0 Å². The third kappa shape index (κ3) is 1.65. The fourth-order valence-electron chi connectivity index (χ4n) is 3.87. The SMILES string of the molecule is C/C=C1\C2C=C(C)CC1(NC)c1ccc(=O)[nH]c1C2. The first-order chi connectivity index (χ1) is 9.10. The van der Waals surface area contributed by atoms with Crippen LogP contribution in [0.4, 0.5) is 0 Å². The van der Waals surface area contributed by atoms with Gasteiger partial charge in [0.1, 0.15) is 0 Å². The number of fused-ring (bicyclic) bond motifs is 4. The third-order valence-electron chi connectivity index (χ3n) is 4.54.